The molecule has 0 aliphatic rings. The molecule has 1 N–H and O–H groups in total. The monoisotopic (exact) mass is 536 g/mol. The van der Waals surface area contributed by atoms with Crippen molar-refractivity contribution in [3.8, 4) is 5.75 Å². The van der Waals surface area contributed by atoms with Gasteiger partial charge in [0.15, 0.2) is 0 Å². The Labute approximate surface area is 229 Å². The summed E-state index contributed by atoms with van der Waals surface area (Å²) in [6.45, 7) is 8.00. The number of carbonyl (C=O) groups excluding carboxylic acids is 1. The molecular formula is C33H45O4P. The number of rotatable bonds is 15. The van der Waals surface area contributed by atoms with E-state index in [9.17, 15) is 9.69 Å². The van der Waals surface area contributed by atoms with E-state index in [0.29, 0.717) is 16.4 Å². The van der Waals surface area contributed by atoms with Crippen LogP contribution in [0.2, 0.25) is 0 Å². The second-order valence-electron chi connectivity index (χ2n) is 10.4. The van der Waals surface area contributed by atoms with Crippen LogP contribution in [0.15, 0.2) is 72.8 Å². The van der Waals surface area contributed by atoms with Crippen molar-refractivity contribution in [1.29, 1.82) is 0 Å². The molecule has 3 aromatic carbocycles. The van der Waals surface area contributed by atoms with Crippen molar-refractivity contribution < 1.29 is 18.7 Å². The van der Waals surface area contributed by atoms with Gasteiger partial charge in [-0.1, -0.05) is 6.92 Å². The Morgan fingerprint density at radius 2 is 1.11 bits per heavy atom. The zero-order chi connectivity index (χ0) is 27.5. The number of benzene rings is 3. The van der Waals surface area contributed by atoms with E-state index in [0.717, 1.165) is 36.0 Å². The number of hydrogen-bond acceptors (Lipinski definition) is 4. The molecule has 0 fully saturated rings. The molecule has 0 aromatic heterocycles. The van der Waals surface area contributed by atoms with Crippen molar-refractivity contribution in [1.82, 2.24) is 0 Å². The fraction of sp³-hybridized carbons (Fsp3) is 0.424. The quantitative estimate of drug-likeness (QED) is 0.157. The van der Waals surface area contributed by atoms with Gasteiger partial charge in [0.05, 0.1) is 0 Å². The minimum absolute atomic E-state index is 0.239. The Morgan fingerprint density at radius 3 is 1.61 bits per heavy atom. The molecule has 3 rings (SSSR count). The summed E-state index contributed by atoms with van der Waals surface area (Å²) in [5, 5.41) is 1.02. The first-order valence-electron chi connectivity index (χ1n) is 14.2. The van der Waals surface area contributed by atoms with E-state index >= 15 is 0 Å². The summed E-state index contributed by atoms with van der Waals surface area (Å²) < 4.78 is 13.0. The molecule has 0 saturated carbocycles. The van der Waals surface area contributed by atoms with E-state index in [-0.39, 0.29) is 6.42 Å². The SMILES string of the molecule is CCCCCCCCCCCC(=O)OP(O)(Oc1ccccc1C)(c1ccccc1C)c1ccccc1C. The van der Waals surface area contributed by atoms with E-state index in [1.54, 1.807) is 0 Å². The summed E-state index contributed by atoms with van der Waals surface area (Å²) in [5.41, 5.74) is 2.47. The Bertz CT molecular complexity index is 1140. The van der Waals surface area contributed by atoms with Crippen molar-refractivity contribution in [2.45, 2.75) is 91.9 Å². The van der Waals surface area contributed by atoms with Crippen LogP contribution in [0.1, 0.15) is 87.8 Å². The van der Waals surface area contributed by atoms with Crippen LogP contribution in [-0.4, -0.2) is 10.9 Å². The molecule has 0 spiro atoms. The third kappa shape index (κ3) is 7.24. The van der Waals surface area contributed by atoms with E-state index < -0.39 is 13.3 Å². The fourth-order valence-electron chi connectivity index (χ4n) is 5.01. The molecule has 38 heavy (non-hydrogen) atoms. The first-order valence-corrected chi connectivity index (χ1v) is 16.2. The number of aryl methyl sites for hydroxylation is 3. The summed E-state index contributed by atoms with van der Waals surface area (Å²) in [5.74, 6) is 0.0586. The van der Waals surface area contributed by atoms with Gasteiger partial charge < -0.3 is 0 Å². The van der Waals surface area contributed by atoms with Gasteiger partial charge in [-0.15, -0.1) is 0 Å². The first kappa shape index (κ1) is 29.9. The van der Waals surface area contributed by atoms with Gasteiger partial charge in [0.1, 0.15) is 0 Å². The maximum atomic E-state index is 13.5. The topological polar surface area (TPSA) is 55.8 Å². The molecular weight excluding hydrogens is 491 g/mol. The molecule has 3 aromatic rings. The molecule has 0 heterocycles. The Morgan fingerprint density at radius 1 is 0.658 bits per heavy atom. The second-order valence-corrected chi connectivity index (χ2v) is 13.5. The van der Waals surface area contributed by atoms with Gasteiger partial charge in [0, 0.05) is 0 Å². The van der Waals surface area contributed by atoms with Gasteiger partial charge in [0.25, 0.3) is 0 Å². The Hall–Kier alpha value is -2.68. The molecule has 0 radical (unpaired) electrons. The molecule has 0 bridgehead atoms. The third-order valence-electron chi connectivity index (χ3n) is 7.20. The summed E-state index contributed by atoms with van der Waals surface area (Å²) in [4.78, 5) is 26.5. The van der Waals surface area contributed by atoms with Gasteiger partial charge in [0.2, 0.25) is 0 Å². The van der Waals surface area contributed by atoms with Crippen LogP contribution in [0.25, 0.3) is 0 Å². The van der Waals surface area contributed by atoms with Crippen LogP contribution in [0.5, 0.6) is 5.75 Å². The predicted molar refractivity (Wildman–Crippen MR) is 161 cm³/mol. The molecule has 5 heteroatoms. The average molecular weight is 537 g/mol. The summed E-state index contributed by atoms with van der Waals surface area (Å²) in [7, 11) is -4.94. The van der Waals surface area contributed by atoms with Gasteiger partial charge in [-0.2, -0.15) is 0 Å². The van der Waals surface area contributed by atoms with Crippen molar-refractivity contribution >= 4 is 23.9 Å². The molecule has 0 aliphatic carbocycles. The second kappa shape index (κ2) is 13.9. The molecule has 0 unspecified atom stereocenters. The minimum atomic E-state index is -4.94. The van der Waals surface area contributed by atoms with E-state index in [4.69, 9.17) is 9.05 Å². The standard InChI is InChI=1S/C33H45O4P/c1-5-6-7-8-9-10-11-12-13-26-33(34)37-38(35,31-24-18-15-21-28(31)3,32-25-19-16-22-29(32)4)36-30-23-17-14-20-27(30)2/h14-25,35H,5-13,26H2,1-4H3. The number of carbonyl (C=O) groups is 1. The molecule has 4 nitrogen and oxygen atoms in total. The molecule has 0 atom stereocenters. The van der Waals surface area contributed by atoms with Crippen LogP contribution < -0.4 is 15.1 Å². The molecule has 206 valence electrons. The van der Waals surface area contributed by atoms with Gasteiger partial charge >= 0.3 is 223 Å². The maximum absolute atomic E-state index is 13.5. The van der Waals surface area contributed by atoms with Gasteiger partial charge in [-0.3, -0.25) is 0 Å². The van der Waals surface area contributed by atoms with Crippen LogP contribution in [0, 0.1) is 20.8 Å². The Kier molecular flexibility index (Phi) is 10.9. The molecule has 0 amide bonds. The van der Waals surface area contributed by atoms with Crippen molar-refractivity contribution in [2.75, 3.05) is 0 Å². The van der Waals surface area contributed by atoms with E-state index in [1.165, 1.54) is 38.5 Å². The fourth-order valence-corrected chi connectivity index (χ4v) is 8.83. The van der Waals surface area contributed by atoms with Crippen LogP contribution in [0.4, 0.5) is 0 Å². The molecule has 0 saturated heterocycles. The average Bonchev–Trinajstić information content (AvgIpc) is 2.89. The van der Waals surface area contributed by atoms with Gasteiger partial charge in [-0.25, -0.2) is 0 Å². The number of para-hydroxylation sites is 1. The van der Waals surface area contributed by atoms with E-state index in [2.05, 4.69) is 6.92 Å². The van der Waals surface area contributed by atoms with Gasteiger partial charge in [-0.05, 0) is 0 Å². The third-order valence-corrected chi connectivity index (χ3v) is 11.0. The number of hydrogen-bond donors (Lipinski definition) is 1. The summed E-state index contributed by atoms with van der Waals surface area (Å²) in [6.07, 6.45) is 10.7. The number of unbranched alkanes of at least 4 members (excludes halogenated alkanes) is 8. The van der Waals surface area contributed by atoms with Crippen molar-refractivity contribution in [3.05, 3.63) is 89.5 Å². The molecule has 0 aliphatic heterocycles. The zero-order valence-electron chi connectivity index (χ0n) is 23.6. The summed E-state index contributed by atoms with van der Waals surface area (Å²) >= 11 is 0. The van der Waals surface area contributed by atoms with Crippen LogP contribution in [-0.2, 0) is 9.32 Å². The first-order chi connectivity index (χ1) is 18.3. The van der Waals surface area contributed by atoms with Crippen LogP contribution in [0.3, 0.4) is 0 Å². The van der Waals surface area contributed by atoms with Crippen molar-refractivity contribution in [3.63, 3.8) is 0 Å². The van der Waals surface area contributed by atoms with E-state index in [1.807, 2.05) is 93.6 Å². The van der Waals surface area contributed by atoms with Crippen LogP contribution >= 0.6 is 7.28 Å². The summed E-state index contributed by atoms with van der Waals surface area (Å²) in [6, 6.07) is 22.5. The normalized spacial score (nSPS) is 12.5. The van der Waals surface area contributed by atoms with Crippen molar-refractivity contribution in [2.24, 2.45) is 0 Å². The zero-order valence-corrected chi connectivity index (χ0v) is 24.5. The Balaban J connectivity index is 1.91. The predicted octanol–water partition coefficient (Wildman–Crippen LogP) is 8.40.